The van der Waals surface area contributed by atoms with Gasteiger partial charge in [0.1, 0.15) is 11.5 Å². The van der Waals surface area contributed by atoms with E-state index in [1.54, 1.807) is 19.1 Å². The number of nitrogens with zero attached hydrogens (tertiary/aromatic N) is 3. The fourth-order valence-corrected chi connectivity index (χ4v) is 2.08. The highest BCUT2D eigenvalue weighted by Gasteiger charge is 2.34. The smallest absolute Gasteiger partial charge is 0.250 e. The Balaban J connectivity index is 2.42. The number of hydrogen-bond acceptors (Lipinski definition) is 5. The summed E-state index contributed by atoms with van der Waals surface area (Å²) in [6.07, 6.45) is -0.101. The van der Waals surface area contributed by atoms with Gasteiger partial charge in [-0.2, -0.15) is 0 Å². The van der Waals surface area contributed by atoms with Crippen molar-refractivity contribution in [2.45, 2.75) is 20.9 Å². The van der Waals surface area contributed by atoms with E-state index < -0.39 is 13.4 Å². The van der Waals surface area contributed by atoms with Crippen LogP contribution in [0.2, 0.25) is 0 Å². The first-order chi connectivity index (χ1) is 10.5. The second kappa shape index (κ2) is 6.90. The first-order valence-electron chi connectivity index (χ1n) is 5.96. The number of ketones is 1. The number of halogens is 6. The van der Waals surface area contributed by atoms with Gasteiger partial charge in [-0.05, 0) is 19.1 Å². The van der Waals surface area contributed by atoms with Crippen LogP contribution in [0.3, 0.4) is 0 Å². The molecule has 0 aliphatic carbocycles. The summed E-state index contributed by atoms with van der Waals surface area (Å²) >= 11 is 34.4. The maximum Gasteiger partial charge on any atom is 0.250 e. The summed E-state index contributed by atoms with van der Waals surface area (Å²) < 4.78 is 1.30. The molecule has 0 saturated heterocycles. The lowest BCUT2D eigenvalue weighted by Gasteiger charge is -2.15. The molecule has 5 nitrogen and oxygen atoms in total. The summed E-state index contributed by atoms with van der Waals surface area (Å²) in [6, 6.07) is 3.37. The standard InChI is InChI=1S/C12H7Cl6N3O2/c1-5-2-3-6(23-5)4-7(22)8-19-9(11(13,14)15)21-10(20-8)12(16,17)18/h2-3H,4H2,1H3. The van der Waals surface area contributed by atoms with E-state index in [-0.39, 0.29) is 23.9 Å². The molecule has 2 heterocycles. The molecular formula is C12H7Cl6N3O2. The van der Waals surface area contributed by atoms with Crippen LogP contribution in [-0.4, -0.2) is 20.7 Å². The summed E-state index contributed by atoms with van der Waals surface area (Å²) in [5.41, 5.74) is 0. The Morgan fingerprint density at radius 3 is 1.91 bits per heavy atom. The molecule has 0 atom stereocenters. The Kier molecular flexibility index (Phi) is 5.71. The molecular weight excluding hydrogens is 431 g/mol. The fourth-order valence-electron chi connectivity index (χ4n) is 1.57. The van der Waals surface area contributed by atoms with Crippen molar-refractivity contribution in [1.82, 2.24) is 15.0 Å². The Morgan fingerprint density at radius 2 is 1.52 bits per heavy atom. The lowest BCUT2D eigenvalue weighted by atomic mass is 10.2. The topological polar surface area (TPSA) is 68.9 Å². The van der Waals surface area contributed by atoms with Crippen molar-refractivity contribution >= 4 is 75.4 Å². The first kappa shape index (κ1) is 19.0. The lowest BCUT2D eigenvalue weighted by molar-refractivity contribution is 0.0975. The largest absolute Gasteiger partial charge is 0.466 e. The van der Waals surface area contributed by atoms with E-state index in [0.717, 1.165) is 0 Å². The van der Waals surface area contributed by atoms with Crippen molar-refractivity contribution in [2.75, 3.05) is 0 Å². The highest BCUT2D eigenvalue weighted by molar-refractivity contribution is 6.67. The predicted octanol–water partition coefficient (Wildman–Crippen LogP) is 4.85. The number of hydrogen-bond donors (Lipinski definition) is 0. The Hall–Kier alpha value is -0.300. The highest BCUT2D eigenvalue weighted by atomic mass is 35.6. The molecule has 0 aliphatic heterocycles. The number of carbonyl (C=O) groups is 1. The SMILES string of the molecule is Cc1ccc(CC(=O)c2nc(C(Cl)(Cl)Cl)nc(C(Cl)(Cl)Cl)n2)o1. The number of Topliss-reactive ketones (excluding diaryl/α,β-unsaturated/α-hetero) is 1. The molecule has 11 heteroatoms. The Bertz CT molecular complexity index is 703. The van der Waals surface area contributed by atoms with Gasteiger partial charge in [0.15, 0.2) is 17.5 Å². The lowest BCUT2D eigenvalue weighted by Crippen LogP contribution is -2.21. The summed E-state index contributed by atoms with van der Waals surface area (Å²) in [7, 11) is 0. The summed E-state index contributed by atoms with van der Waals surface area (Å²) in [4.78, 5) is 23.8. The number of furan rings is 1. The molecule has 0 aromatic carbocycles. The summed E-state index contributed by atoms with van der Waals surface area (Å²) in [6.45, 7) is 1.75. The molecule has 0 fully saturated rings. The van der Waals surface area contributed by atoms with Crippen molar-refractivity contribution in [3.05, 3.63) is 41.1 Å². The van der Waals surface area contributed by atoms with Gasteiger partial charge in [0.2, 0.25) is 13.4 Å². The molecule has 0 bridgehead atoms. The van der Waals surface area contributed by atoms with Gasteiger partial charge in [0, 0.05) is 0 Å². The number of carbonyl (C=O) groups excluding carboxylic acids is 1. The van der Waals surface area contributed by atoms with E-state index in [1.165, 1.54) is 0 Å². The molecule has 2 rings (SSSR count). The van der Waals surface area contributed by atoms with Crippen LogP contribution in [0.4, 0.5) is 0 Å². The molecule has 124 valence electrons. The zero-order valence-electron chi connectivity index (χ0n) is 11.3. The van der Waals surface area contributed by atoms with Gasteiger partial charge in [-0.1, -0.05) is 69.6 Å². The van der Waals surface area contributed by atoms with E-state index in [1.807, 2.05) is 0 Å². The van der Waals surface area contributed by atoms with Gasteiger partial charge in [-0.15, -0.1) is 0 Å². The zero-order chi connectivity index (χ0) is 17.4. The number of aryl methyl sites for hydroxylation is 1. The Morgan fingerprint density at radius 1 is 1.00 bits per heavy atom. The van der Waals surface area contributed by atoms with Crippen LogP contribution in [0.5, 0.6) is 0 Å². The fraction of sp³-hybridized carbons (Fsp3) is 0.333. The number of aromatic nitrogens is 3. The average molecular weight is 438 g/mol. The van der Waals surface area contributed by atoms with Gasteiger partial charge < -0.3 is 4.42 Å². The molecule has 23 heavy (non-hydrogen) atoms. The molecule has 0 unspecified atom stereocenters. The van der Waals surface area contributed by atoms with Gasteiger partial charge in [-0.3, -0.25) is 4.79 Å². The van der Waals surface area contributed by atoms with E-state index in [9.17, 15) is 4.79 Å². The van der Waals surface area contributed by atoms with Crippen molar-refractivity contribution in [3.63, 3.8) is 0 Å². The maximum atomic E-state index is 12.3. The normalized spacial score (nSPS) is 12.5. The zero-order valence-corrected chi connectivity index (χ0v) is 15.8. The monoisotopic (exact) mass is 435 g/mol. The van der Waals surface area contributed by atoms with Crippen LogP contribution < -0.4 is 0 Å². The molecule has 2 aromatic heterocycles. The molecule has 0 N–H and O–H groups in total. The van der Waals surface area contributed by atoms with E-state index >= 15 is 0 Å². The minimum Gasteiger partial charge on any atom is -0.466 e. The van der Waals surface area contributed by atoms with Gasteiger partial charge in [0.05, 0.1) is 6.42 Å². The average Bonchev–Trinajstić information content (AvgIpc) is 2.81. The quantitative estimate of drug-likeness (QED) is 0.507. The van der Waals surface area contributed by atoms with Crippen molar-refractivity contribution < 1.29 is 9.21 Å². The second-order valence-electron chi connectivity index (χ2n) is 4.41. The van der Waals surface area contributed by atoms with Crippen molar-refractivity contribution in [2.24, 2.45) is 0 Å². The highest BCUT2D eigenvalue weighted by Crippen LogP contribution is 2.39. The minimum atomic E-state index is -2.01. The minimum absolute atomic E-state index is 0.101. The molecule has 2 aromatic rings. The maximum absolute atomic E-state index is 12.3. The van der Waals surface area contributed by atoms with Crippen LogP contribution in [0, 0.1) is 6.92 Å². The number of alkyl halides is 6. The molecule has 0 spiro atoms. The van der Waals surface area contributed by atoms with Crippen molar-refractivity contribution in [3.8, 4) is 0 Å². The third-order valence-electron chi connectivity index (χ3n) is 2.52. The van der Waals surface area contributed by atoms with E-state index in [2.05, 4.69) is 15.0 Å². The third-order valence-corrected chi connectivity index (χ3v) is 3.54. The Labute approximate surface area is 161 Å². The summed E-state index contributed by atoms with van der Waals surface area (Å²) in [5.74, 6) is -0.355. The van der Waals surface area contributed by atoms with Gasteiger partial charge >= 0.3 is 0 Å². The third kappa shape index (κ3) is 5.08. The predicted molar refractivity (Wildman–Crippen MR) is 89.8 cm³/mol. The summed E-state index contributed by atoms with van der Waals surface area (Å²) in [5, 5.41) is 0. The van der Waals surface area contributed by atoms with Crippen LogP contribution >= 0.6 is 69.6 Å². The van der Waals surface area contributed by atoms with Crippen LogP contribution in [0.1, 0.15) is 33.8 Å². The number of rotatable bonds is 3. The van der Waals surface area contributed by atoms with Crippen LogP contribution in [-0.2, 0) is 14.0 Å². The molecule has 0 aliphatic rings. The second-order valence-corrected chi connectivity index (χ2v) is 8.98. The molecule has 0 radical (unpaired) electrons. The van der Waals surface area contributed by atoms with Gasteiger partial charge in [-0.25, -0.2) is 15.0 Å². The molecule has 0 amide bonds. The van der Waals surface area contributed by atoms with Crippen LogP contribution in [0.25, 0.3) is 0 Å². The van der Waals surface area contributed by atoms with E-state index in [4.69, 9.17) is 74.0 Å². The molecule has 0 saturated carbocycles. The van der Waals surface area contributed by atoms with E-state index in [0.29, 0.717) is 11.5 Å². The van der Waals surface area contributed by atoms with Crippen LogP contribution in [0.15, 0.2) is 16.5 Å². The van der Waals surface area contributed by atoms with Crippen molar-refractivity contribution in [1.29, 1.82) is 0 Å². The first-order valence-corrected chi connectivity index (χ1v) is 8.22. The van der Waals surface area contributed by atoms with Gasteiger partial charge in [0.25, 0.3) is 0 Å².